The van der Waals surface area contributed by atoms with Crippen LogP contribution in [0.2, 0.25) is 0 Å². The van der Waals surface area contributed by atoms with Gasteiger partial charge >= 0.3 is 13.9 Å². The Morgan fingerprint density at radius 1 is 0.761 bits per heavy atom. The van der Waals surface area contributed by atoms with Crippen molar-refractivity contribution in [3.05, 3.63) is 35.9 Å². The zero-order chi connectivity index (χ0) is 33.8. The van der Waals surface area contributed by atoms with Gasteiger partial charge in [-0.3, -0.25) is 9.05 Å². The highest BCUT2D eigenvalue weighted by atomic mass is 31.2. The van der Waals surface area contributed by atoms with Crippen LogP contribution >= 0.6 is 7.82 Å². The smallest absolute Gasteiger partial charge is 0.379 e. The van der Waals surface area contributed by atoms with Gasteiger partial charge in [-0.15, -0.1) is 0 Å². The van der Waals surface area contributed by atoms with E-state index in [0.29, 0.717) is 24.2 Å². The highest BCUT2D eigenvalue weighted by Crippen LogP contribution is 2.44. The minimum atomic E-state index is -4.32. The predicted octanol–water partition coefficient (Wildman–Crippen LogP) is 8.75. The molecule has 0 radical (unpaired) electrons. The predicted molar refractivity (Wildman–Crippen MR) is 190 cm³/mol. The maximum atomic E-state index is 12.6. The first kappa shape index (κ1) is 42.5. The number of nitrogens with one attached hydrogen (secondary N) is 2. The number of rotatable bonds is 31. The maximum absolute atomic E-state index is 12.6. The SMILES string of the molecule is CCCCCCCCCCCCCCCCCCCCOCC(CNC(=O)NCc1ccccc1)OP(=O)(O)OCC[N+](C)(C)C. The van der Waals surface area contributed by atoms with E-state index in [1.807, 2.05) is 51.5 Å². The average Bonchev–Trinajstić information content (AvgIpc) is 3.01. The van der Waals surface area contributed by atoms with Crippen LogP contribution in [0.25, 0.3) is 0 Å². The lowest BCUT2D eigenvalue weighted by Gasteiger charge is -2.25. The molecule has 0 bridgehead atoms. The molecule has 0 aliphatic carbocycles. The van der Waals surface area contributed by atoms with E-state index in [9.17, 15) is 14.3 Å². The fourth-order valence-corrected chi connectivity index (χ4v) is 6.03. The Kier molecular flexibility index (Phi) is 25.4. The molecule has 46 heavy (non-hydrogen) atoms. The molecule has 3 N–H and O–H groups in total. The van der Waals surface area contributed by atoms with Crippen molar-refractivity contribution in [1.29, 1.82) is 0 Å². The fourth-order valence-electron chi connectivity index (χ4n) is 5.14. The van der Waals surface area contributed by atoms with Gasteiger partial charge in [0.15, 0.2) is 0 Å². The highest BCUT2D eigenvalue weighted by Gasteiger charge is 2.28. The summed E-state index contributed by atoms with van der Waals surface area (Å²) < 4.78 is 29.6. The molecule has 0 aliphatic heterocycles. The Morgan fingerprint density at radius 3 is 1.76 bits per heavy atom. The van der Waals surface area contributed by atoms with Crippen molar-refractivity contribution in [3.8, 4) is 0 Å². The van der Waals surface area contributed by atoms with E-state index in [1.54, 1.807) is 0 Å². The zero-order valence-corrected chi connectivity index (χ0v) is 30.7. The van der Waals surface area contributed by atoms with Crippen LogP contribution in [0.4, 0.5) is 4.79 Å². The first-order chi connectivity index (χ1) is 22.1. The molecule has 0 fully saturated rings. The van der Waals surface area contributed by atoms with Crippen molar-refractivity contribution in [2.24, 2.45) is 0 Å². The summed E-state index contributed by atoms with van der Waals surface area (Å²) in [4.78, 5) is 22.6. The van der Waals surface area contributed by atoms with Crippen molar-refractivity contribution in [1.82, 2.24) is 10.6 Å². The quantitative estimate of drug-likeness (QED) is 0.0414. The van der Waals surface area contributed by atoms with E-state index >= 15 is 0 Å². The number of carbonyl (C=O) groups is 1. The van der Waals surface area contributed by atoms with E-state index in [2.05, 4.69) is 17.6 Å². The number of urea groups is 1. The van der Waals surface area contributed by atoms with Gasteiger partial charge in [0.1, 0.15) is 19.3 Å². The molecule has 0 saturated carbocycles. The summed E-state index contributed by atoms with van der Waals surface area (Å²) in [6, 6.07) is 9.20. The van der Waals surface area contributed by atoms with Crippen LogP contribution in [0.5, 0.6) is 0 Å². The molecule has 1 rings (SSSR count). The van der Waals surface area contributed by atoms with E-state index in [4.69, 9.17) is 13.8 Å². The Hall–Kier alpha value is -1.48. The summed E-state index contributed by atoms with van der Waals surface area (Å²) >= 11 is 0. The third kappa shape index (κ3) is 27.6. The number of quaternary nitrogens is 1. The number of hydrogen-bond donors (Lipinski definition) is 3. The number of phosphoric ester groups is 1. The number of ether oxygens (including phenoxy) is 1. The number of carbonyl (C=O) groups excluding carboxylic acids is 1. The molecular formula is C36H69N3O6P+. The number of likely N-dealkylation sites (N-methyl/N-ethyl adjacent to an activating group) is 1. The van der Waals surface area contributed by atoms with Crippen molar-refractivity contribution < 1.29 is 32.5 Å². The molecule has 1 aromatic carbocycles. The van der Waals surface area contributed by atoms with Gasteiger partial charge in [-0.05, 0) is 12.0 Å². The lowest BCUT2D eigenvalue weighted by atomic mass is 10.0. The van der Waals surface area contributed by atoms with E-state index < -0.39 is 13.9 Å². The number of phosphoric acid groups is 1. The molecule has 0 spiro atoms. The minimum Gasteiger partial charge on any atom is -0.379 e. The van der Waals surface area contributed by atoms with Crippen molar-refractivity contribution in [2.45, 2.75) is 135 Å². The molecule has 2 unspecified atom stereocenters. The highest BCUT2D eigenvalue weighted by molar-refractivity contribution is 7.47. The van der Waals surface area contributed by atoms with Crippen molar-refractivity contribution in [3.63, 3.8) is 0 Å². The second-order valence-electron chi connectivity index (χ2n) is 13.7. The van der Waals surface area contributed by atoms with Gasteiger partial charge in [0.25, 0.3) is 0 Å². The maximum Gasteiger partial charge on any atom is 0.472 e. The average molecular weight is 671 g/mol. The second-order valence-corrected chi connectivity index (χ2v) is 15.1. The Bertz CT molecular complexity index is 899. The minimum absolute atomic E-state index is 0.0169. The van der Waals surface area contributed by atoms with Gasteiger partial charge < -0.3 is 24.7 Å². The summed E-state index contributed by atoms with van der Waals surface area (Å²) in [5.74, 6) is 0. The van der Waals surface area contributed by atoms with Gasteiger partial charge in [-0.1, -0.05) is 146 Å². The Labute approximate surface area is 281 Å². The first-order valence-corrected chi connectivity index (χ1v) is 19.7. The molecule has 9 nitrogen and oxygen atoms in total. The Morgan fingerprint density at radius 2 is 1.26 bits per heavy atom. The molecule has 0 heterocycles. The van der Waals surface area contributed by atoms with E-state index in [-0.39, 0.29) is 25.8 Å². The third-order valence-electron chi connectivity index (χ3n) is 8.03. The number of unbranched alkanes of at least 4 members (excludes halogenated alkanes) is 17. The van der Waals surface area contributed by atoms with Crippen LogP contribution < -0.4 is 10.6 Å². The lowest BCUT2D eigenvalue weighted by molar-refractivity contribution is -0.870. The molecule has 2 amide bonds. The van der Waals surface area contributed by atoms with E-state index in [1.165, 1.54) is 103 Å². The summed E-state index contributed by atoms with van der Waals surface area (Å²) in [6.07, 6.45) is 23.0. The number of hydrogen-bond acceptors (Lipinski definition) is 5. The molecule has 268 valence electrons. The topological polar surface area (TPSA) is 106 Å². The van der Waals surface area contributed by atoms with Crippen LogP contribution in [0, 0.1) is 0 Å². The van der Waals surface area contributed by atoms with Gasteiger partial charge in [0, 0.05) is 19.7 Å². The molecule has 1 aromatic rings. The normalized spacial score (nSPS) is 13.8. The van der Waals surface area contributed by atoms with Crippen molar-refractivity contribution >= 4 is 13.9 Å². The number of benzene rings is 1. The fraction of sp³-hybridized carbons (Fsp3) is 0.806. The van der Waals surface area contributed by atoms with Gasteiger partial charge in [0.05, 0.1) is 27.7 Å². The van der Waals surface area contributed by atoms with Crippen LogP contribution in [0.3, 0.4) is 0 Å². The van der Waals surface area contributed by atoms with Gasteiger partial charge in [-0.25, -0.2) is 9.36 Å². The van der Waals surface area contributed by atoms with Crippen LogP contribution in [0.1, 0.15) is 128 Å². The summed E-state index contributed by atoms with van der Waals surface area (Å²) in [5.41, 5.74) is 0.976. The third-order valence-corrected chi connectivity index (χ3v) is 9.10. The largest absolute Gasteiger partial charge is 0.472 e. The molecule has 2 atom stereocenters. The Balaban J connectivity index is 2.18. The second kappa shape index (κ2) is 27.5. The van der Waals surface area contributed by atoms with Crippen LogP contribution in [-0.4, -0.2) is 75.6 Å². The molecule has 0 saturated heterocycles. The lowest BCUT2D eigenvalue weighted by Crippen LogP contribution is -2.41. The van der Waals surface area contributed by atoms with Gasteiger partial charge in [-0.2, -0.15) is 0 Å². The monoisotopic (exact) mass is 670 g/mol. The zero-order valence-electron chi connectivity index (χ0n) is 29.8. The molecule has 0 aliphatic rings. The first-order valence-electron chi connectivity index (χ1n) is 18.2. The summed E-state index contributed by atoms with van der Waals surface area (Å²) in [6.45, 7) is 3.92. The number of nitrogens with zero attached hydrogens (tertiary/aromatic N) is 1. The summed E-state index contributed by atoms with van der Waals surface area (Å²) in [5, 5.41) is 5.51. The van der Waals surface area contributed by atoms with Gasteiger partial charge in [0.2, 0.25) is 0 Å². The number of amides is 2. The molecule has 10 heteroatoms. The van der Waals surface area contributed by atoms with Crippen molar-refractivity contribution in [2.75, 3.05) is 54.1 Å². The molecular weight excluding hydrogens is 601 g/mol. The summed E-state index contributed by atoms with van der Waals surface area (Å²) in [7, 11) is 1.60. The standard InChI is InChI=1S/C36H68N3O6P/c1-5-6-7-8-9-10-11-12-13-14-15-16-17-18-19-20-21-25-29-43-33-35(45-46(41,42)44-30-28-39(2,3)4)32-38-36(40)37-31-34-26-23-22-24-27-34/h22-24,26-27,35H,5-21,25,28-33H2,1-4H3,(H2-,37,38,40,41,42)/p+1. The van der Waals surface area contributed by atoms with Crippen LogP contribution in [0.15, 0.2) is 30.3 Å². The van der Waals surface area contributed by atoms with E-state index in [0.717, 1.165) is 18.4 Å². The molecule has 0 aromatic heterocycles. The van der Waals surface area contributed by atoms with Crippen LogP contribution in [-0.2, 0) is 24.9 Å².